The number of carboxylic acids is 1. The summed E-state index contributed by atoms with van der Waals surface area (Å²) in [5.41, 5.74) is -0.0720. The zero-order valence-electron chi connectivity index (χ0n) is 10.2. The topological polar surface area (TPSA) is 91.3 Å². The van der Waals surface area contributed by atoms with Crippen LogP contribution in [0.3, 0.4) is 0 Å². The van der Waals surface area contributed by atoms with Crippen LogP contribution in [0.4, 0.5) is 0 Å². The van der Waals surface area contributed by atoms with Crippen molar-refractivity contribution in [2.45, 2.75) is 6.04 Å². The highest BCUT2D eigenvalue weighted by atomic mass is 28.4. The summed E-state index contributed by atoms with van der Waals surface area (Å²) in [4.78, 5) is 22.0. The molecule has 0 rings (SSSR count). The molecular formula is C9H16O7Si. The van der Waals surface area contributed by atoms with Gasteiger partial charge in [-0.1, -0.05) is 0 Å². The molecule has 7 nitrogen and oxygen atoms in total. The predicted molar refractivity (Wildman–Crippen MR) is 59.3 cm³/mol. The van der Waals surface area contributed by atoms with Gasteiger partial charge < -0.3 is 23.1 Å². The van der Waals surface area contributed by atoms with Gasteiger partial charge in [-0.3, -0.25) is 0 Å². The van der Waals surface area contributed by atoms with E-state index in [1.54, 1.807) is 0 Å². The molecule has 1 N–H and O–H groups in total. The van der Waals surface area contributed by atoms with Crippen LogP contribution in [0.5, 0.6) is 0 Å². The number of aliphatic carboxylic acids is 1. The first-order valence-electron chi connectivity index (χ1n) is 4.62. The summed E-state index contributed by atoms with van der Waals surface area (Å²) in [5, 5.41) is 8.65. The third-order valence-corrected chi connectivity index (χ3v) is 4.77. The minimum atomic E-state index is -3.06. The number of hydrogen-bond donors (Lipinski definition) is 1. The smallest absolute Gasteiger partial charge is 0.478 e. The molecule has 0 saturated heterocycles. The van der Waals surface area contributed by atoms with E-state index in [9.17, 15) is 9.59 Å². The van der Waals surface area contributed by atoms with E-state index in [0.29, 0.717) is 0 Å². The van der Waals surface area contributed by atoms with E-state index in [0.717, 1.165) is 13.2 Å². The second kappa shape index (κ2) is 7.17. The Bertz CT molecular complexity index is 300. The molecule has 0 radical (unpaired) electrons. The van der Waals surface area contributed by atoms with Crippen LogP contribution in [0.25, 0.3) is 0 Å². The van der Waals surface area contributed by atoms with Crippen LogP contribution in [-0.2, 0) is 27.6 Å². The van der Waals surface area contributed by atoms with Crippen LogP contribution in [0.2, 0.25) is 6.04 Å². The molecular weight excluding hydrogens is 248 g/mol. The van der Waals surface area contributed by atoms with Gasteiger partial charge in [0, 0.05) is 33.0 Å². The van der Waals surface area contributed by atoms with Gasteiger partial charge in [0.05, 0.1) is 13.2 Å². The van der Waals surface area contributed by atoms with E-state index in [1.165, 1.54) is 21.3 Å². The lowest BCUT2D eigenvalue weighted by Gasteiger charge is -2.24. The maximum Gasteiger partial charge on any atom is 0.505 e. The van der Waals surface area contributed by atoms with Gasteiger partial charge in [0.15, 0.2) is 0 Å². The highest BCUT2D eigenvalue weighted by Gasteiger charge is 2.40. The molecule has 0 aliphatic heterocycles. The third-order valence-electron chi connectivity index (χ3n) is 2.09. The van der Waals surface area contributed by atoms with Gasteiger partial charge in [0.1, 0.15) is 0 Å². The van der Waals surface area contributed by atoms with Crippen molar-refractivity contribution in [3.05, 3.63) is 11.6 Å². The van der Waals surface area contributed by atoms with Crippen molar-refractivity contribution in [1.82, 2.24) is 0 Å². The van der Waals surface area contributed by atoms with Crippen LogP contribution in [0, 0.1) is 0 Å². The van der Waals surface area contributed by atoms with Crippen LogP contribution in [0.1, 0.15) is 0 Å². The van der Waals surface area contributed by atoms with Crippen LogP contribution >= 0.6 is 0 Å². The summed E-state index contributed by atoms with van der Waals surface area (Å²) in [6, 6.07) is -0.0739. The monoisotopic (exact) mass is 264 g/mol. The number of hydrogen-bond acceptors (Lipinski definition) is 6. The molecule has 0 unspecified atom stereocenters. The largest absolute Gasteiger partial charge is 0.505 e. The summed E-state index contributed by atoms with van der Waals surface area (Å²) in [7, 11) is 2.21. The van der Waals surface area contributed by atoms with E-state index in [-0.39, 0.29) is 11.6 Å². The molecule has 0 amide bonds. The molecule has 8 heteroatoms. The lowest BCUT2D eigenvalue weighted by molar-refractivity contribution is -0.137. The molecule has 0 aromatic carbocycles. The van der Waals surface area contributed by atoms with Crippen molar-refractivity contribution in [3.8, 4) is 0 Å². The Morgan fingerprint density at radius 1 is 1.12 bits per heavy atom. The van der Waals surface area contributed by atoms with Gasteiger partial charge in [0.2, 0.25) is 0 Å². The van der Waals surface area contributed by atoms with Gasteiger partial charge in [-0.15, -0.1) is 0 Å². The fraction of sp³-hybridized carbons (Fsp3) is 0.556. The zero-order valence-corrected chi connectivity index (χ0v) is 11.2. The third kappa shape index (κ3) is 4.65. The SMILES string of the molecule is COC(=O)/C(=C/C(=O)O)C[Si](OC)(OC)OC. The van der Waals surface area contributed by atoms with Crippen LogP contribution in [-0.4, -0.2) is 54.3 Å². The Hall–Kier alpha value is -1.22. The minimum absolute atomic E-state index is 0.0720. The summed E-state index contributed by atoms with van der Waals surface area (Å²) in [6.45, 7) is 0. The highest BCUT2D eigenvalue weighted by Crippen LogP contribution is 2.19. The van der Waals surface area contributed by atoms with Gasteiger partial charge in [-0.05, 0) is 0 Å². The molecule has 0 aromatic heterocycles. The van der Waals surface area contributed by atoms with Crippen molar-refractivity contribution in [1.29, 1.82) is 0 Å². The molecule has 0 spiro atoms. The van der Waals surface area contributed by atoms with E-state index < -0.39 is 20.7 Å². The van der Waals surface area contributed by atoms with E-state index in [2.05, 4.69) is 4.74 Å². The Labute approximate surface area is 100 Å². The molecule has 0 fully saturated rings. The fourth-order valence-electron chi connectivity index (χ4n) is 1.16. The second-order valence-electron chi connectivity index (χ2n) is 2.97. The lowest BCUT2D eigenvalue weighted by Crippen LogP contribution is -2.43. The van der Waals surface area contributed by atoms with Gasteiger partial charge in [0.25, 0.3) is 0 Å². The summed E-state index contributed by atoms with van der Waals surface area (Å²) in [5.74, 6) is -2.01. The molecule has 98 valence electrons. The summed E-state index contributed by atoms with van der Waals surface area (Å²) in [6.07, 6.45) is 0.755. The molecule has 0 bridgehead atoms. The lowest BCUT2D eigenvalue weighted by atomic mass is 10.3. The Morgan fingerprint density at radius 3 is 1.88 bits per heavy atom. The van der Waals surface area contributed by atoms with E-state index >= 15 is 0 Å². The first-order valence-corrected chi connectivity index (χ1v) is 6.55. The average Bonchev–Trinajstić information content (AvgIpc) is 2.33. The van der Waals surface area contributed by atoms with Crippen LogP contribution < -0.4 is 0 Å². The quantitative estimate of drug-likeness (QED) is 0.394. The second-order valence-corrected chi connectivity index (χ2v) is 5.92. The van der Waals surface area contributed by atoms with Crippen molar-refractivity contribution < 1.29 is 32.7 Å². The number of ether oxygens (including phenoxy) is 1. The van der Waals surface area contributed by atoms with Crippen molar-refractivity contribution in [2.24, 2.45) is 0 Å². The number of carbonyl (C=O) groups is 2. The van der Waals surface area contributed by atoms with Gasteiger partial charge in [-0.25, -0.2) is 9.59 Å². The van der Waals surface area contributed by atoms with Gasteiger partial charge in [-0.2, -0.15) is 0 Å². The molecule has 0 atom stereocenters. The maximum atomic E-state index is 11.4. The van der Waals surface area contributed by atoms with Crippen molar-refractivity contribution >= 4 is 20.7 Å². The average molecular weight is 264 g/mol. The fourth-order valence-corrected chi connectivity index (χ4v) is 2.81. The maximum absolute atomic E-state index is 11.4. The van der Waals surface area contributed by atoms with E-state index in [4.69, 9.17) is 18.4 Å². The Balaban J connectivity index is 5.10. The summed E-state index contributed by atoms with van der Waals surface area (Å²) < 4.78 is 19.8. The van der Waals surface area contributed by atoms with Gasteiger partial charge >= 0.3 is 20.7 Å². The zero-order chi connectivity index (χ0) is 13.5. The molecule has 0 aromatic rings. The molecule has 0 aliphatic rings. The van der Waals surface area contributed by atoms with Crippen molar-refractivity contribution in [3.63, 3.8) is 0 Å². The molecule has 0 heterocycles. The molecule has 17 heavy (non-hydrogen) atoms. The van der Waals surface area contributed by atoms with Crippen molar-refractivity contribution in [2.75, 3.05) is 28.4 Å². The molecule has 0 saturated carbocycles. The predicted octanol–water partition coefficient (Wildman–Crippen LogP) is 0.0485. The standard InChI is InChI=1S/C9H16O7Si/c1-13-9(12)7(5-8(10)11)6-17(14-2,15-3)16-4/h5H,6H2,1-4H3,(H,10,11)/b7-5+. The number of methoxy groups -OCH3 is 1. The summed E-state index contributed by atoms with van der Waals surface area (Å²) >= 11 is 0. The number of rotatable bonds is 7. The normalized spacial score (nSPS) is 12.4. The Kier molecular flexibility index (Phi) is 6.65. The van der Waals surface area contributed by atoms with Crippen LogP contribution in [0.15, 0.2) is 11.6 Å². The number of carbonyl (C=O) groups excluding carboxylic acids is 1. The minimum Gasteiger partial charge on any atom is -0.478 e. The first-order chi connectivity index (χ1) is 7.94. The highest BCUT2D eigenvalue weighted by molar-refractivity contribution is 6.61. The molecule has 0 aliphatic carbocycles. The first kappa shape index (κ1) is 15.8. The van der Waals surface area contributed by atoms with E-state index in [1.807, 2.05) is 0 Å². The Morgan fingerprint density at radius 2 is 1.59 bits per heavy atom. The number of carboxylic acid groups (broad SMARTS) is 1. The number of esters is 1.